The number of nitrogens with one attached hydrogen (secondary N) is 2. The number of nitrogens with zero attached hydrogens (tertiary/aromatic N) is 2. The molecule has 3 rings (SSSR count). The molecule has 2 heterocycles. The topological polar surface area (TPSA) is 79.9 Å². The molecule has 0 atom stereocenters. The first-order valence-corrected chi connectivity index (χ1v) is 6.67. The second-order valence-corrected chi connectivity index (χ2v) is 4.59. The van der Waals surface area contributed by atoms with Gasteiger partial charge in [-0.15, -0.1) is 0 Å². The minimum absolute atomic E-state index is 0.244. The van der Waals surface area contributed by atoms with Crippen LogP contribution in [0.1, 0.15) is 10.4 Å². The molecule has 0 saturated carbocycles. The highest BCUT2D eigenvalue weighted by Crippen LogP contribution is 2.19. The monoisotopic (exact) mass is 294 g/mol. The molecule has 110 valence electrons. The van der Waals surface area contributed by atoms with Crippen molar-refractivity contribution in [2.24, 2.45) is 0 Å². The molecule has 3 aromatic rings. The molecule has 6 nitrogen and oxygen atoms in total. The Balaban J connectivity index is 1.76. The SMILES string of the molecule is COc1cccc(C(=O)Nc2cc(-c3ccncc3)[nH]n2)c1. The lowest BCUT2D eigenvalue weighted by molar-refractivity contribution is 0.102. The van der Waals surface area contributed by atoms with Crippen LogP contribution in [-0.4, -0.2) is 28.2 Å². The predicted molar refractivity (Wildman–Crippen MR) is 82.8 cm³/mol. The summed E-state index contributed by atoms with van der Waals surface area (Å²) in [5.74, 6) is 0.846. The molecule has 6 heteroatoms. The molecule has 0 aliphatic carbocycles. The van der Waals surface area contributed by atoms with E-state index in [-0.39, 0.29) is 5.91 Å². The highest BCUT2D eigenvalue weighted by molar-refractivity contribution is 6.04. The van der Waals surface area contributed by atoms with Gasteiger partial charge in [0.1, 0.15) is 5.75 Å². The summed E-state index contributed by atoms with van der Waals surface area (Å²) in [5.41, 5.74) is 2.26. The van der Waals surface area contributed by atoms with Crippen molar-refractivity contribution in [3.05, 3.63) is 60.4 Å². The van der Waals surface area contributed by atoms with Crippen LogP contribution in [0.3, 0.4) is 0 Å². The quantitative estimate of drug-likeness (QED) is 0.775. The average molecular weight is 294 g/mol. The first-order chi connectivity index (χ1) is 10.8. The van der Waals surface area contributed by atoms with Crippen molar-refractivity contribution in [1.29, 1.82) is 0 Å². The third-order valence-electron chi connectivity index (χ3n) is 3.14. The van der Waals surface area contributed by atoms with Crippen molar-refractivity contribution in [1.82, 2.24) is 15.2 Å². The number of rotatable bonds is 4. The number of aromatic nitrogens is 3. The van der Waals surface area contributed by atoms with Gasteiger partial charge in [0.05, 0.1) is 12.8 Å². The lowest BCUT2D eigenvalue weighted by atomic mass is 10.2. The highest BCUT2D eigenvalue weighted by atomic mass is 16.5. The van der Waals surface area contributed by atoms with Crippen LogP contribution >= 0.6 is 0 Å². The van der Waals surface area contributed by atoms with Gasteiger partial charge < -0.3 is 10.1 Å². The van der Waals surface area contributed by atoms with Gasteiger partial charge >= 0.3 is 0 Å². The number of carbonyl (C=O) groups excluding carboxylic acids is 1. The maximum Gasteiger partial charge on any atom is 0.256 e. The number of carbonyl (C=O) groups is 1. The summed E-state index contributed by atoms with van der Waals surface area (Å²) in [6.45, 7) is 0. The molecular formula is C16H14N4O2. The zero-order chi connectivity index (χ0) is 15.4. The van der Waals surface area contributed by atoms with E-state index in [4.69, 9.17) is 4.74 Å². The second kappa shape index (κ2) is 6.09. The van der Waals surface area contributed by atoms with E-state index in [1.165, 1.54) is 0 Å². The third-order valence-corrected chi connectivity index (χ3v) is 3.14. The van der Waals surface area contributed by atoms with Crippen LogP contribution in [0.15, 0.2) is 54.9 Å². The van der Waals surface area contributed by atoms with E-state index in [1.807, 2.05) is 12.1 Å². The van der Waals surface area contributed by atoms with E-state index < -0.39 is 0 Å². The van der Waals surface area contributed by atoms with Gasteiger partial charge in [-0.25, -0.2) is 0 Å². The van der Waals surface area contributed by atoms with Gasteiger partial charge in [0, 0.05) is 29.6 Å². The summed E-state index contributed by atoms with van der Waals surface area (Å²) in [5, 5.41) is 9.72. The van der Waals surface area contributed by atoms with E-state index >= 15 is 0 Å². The molecule has 0 unspecified atom stereocenters. The third kappa shape index (κ3) is 2.95. The van der Waals surface area contributed by atoms with E-state index in [9.17, 15) is 4.79 Å². The van der Waals surface area contributed by atoms with Crippen molar-refractivity contribution in [3.8, 4) is 17.0 Å². The van der Waals surface area contributed by atoms with Crippen LogP contribution in [0.5, 0.6) is 5.75 Å². The number of ether oxygens (including phenoxy) is 1. The molecule has 0 bridgehead atoms. The number of anilines is 1. The lowest BCUT2D eigenvalue weighted by Crippen LogP contribution is -2.12. The summed E-state index contributed by atoms with van der Waals surface area (Å²) in [6.07, 6.45) is 3.40. The van der Waals surface area contributed by atoms with E-state index in [0.717, 1.165) is 11.3 Å². The van der Waals surface area contributed by atoms with Crippen molar-refractivity contribution in [2.45, 2.75) is 0 Å². The predicted octanol–water partition coefficient (Wildman–Crippen LogP) is 2.73. The summed E-state index contributed by atoms with van der Waals surface area (Å²) < 4.78 is 5.11. The maximum absolute atomic E-state index is 12.2. The molecule has 2 N–H and O–H groups in total. The summed E-state index contributed by atoms with van der Waals surface area (Å²) in [4.78, 5) is 16.2. The van der Waals surface area contributed by atoms with Crippen LogP contribution < -0.4 is 10.1 Å². The highest BCUT2D eigenvalue weighted by Gasteiger charge is 2.10. The Morgan fingerprint density at radius 2 is 2.00 bits per heavy atom. The number of hydrogen-bond donors (Lipinski definition) is 2. The fourth-order valence-electron chi connectivity index (χ4n) is 2.02. The second-order valence-electron chi connectivity index (χ2n) is 4.59. The molecule has 1 aromatic carbocycles. The molecule has 0 saturated heterocycles. The number of methoxy groups -OCH3 is 1. The van der Waals surface area contributed by atoms with E-state index in [1.54, 1.807) is 49.8 Å². The average Bonchev–Trinajstić information content (AvgIpc) is 3.04. The molecule has 0 spiro atoms. The molecule has 22 heavy (non-hydrogen) atoms. The van der Waals surface area contributed by atoms with Gasteiger partial charge in [-0.05, 0) is 30.3 Å². The summed E-state index contributed by atoms with van der Waals surface area (Å²) in [6, 6.07) is 12.4. The van der Waals surface area contributed by atoms with Gasteiger partial charge in [-0.3, -0.25) is 14.9 Å². The van der Waals surface area contributed by atoms with Crippen molar-refractivity contribution in [2.75, 3.05) is 12.4 Å². The molecule has 0 aliphatic heterocycles. The largest absolute Gasteiger partial charge is 0.497 e. The van der Waals surface area contributed by atoms with Crippen LogP contribution in [0, 0.1) is 0 Å². The molecular weight excluding hydrogens is 280 g/mol. The lowest BCUT2D eigenvalue weighted by Gasteiger charge is -2.04. The van der Waals surface area contributed by atoms with Crippen molar-refractivity contribution < 1.29 is 9.53 Å². The zero-order valence-corrected chi connectivity index (χ0v) is 11.9. The van der Waals surface area contributed by atoms with Gasteiger partial charge in [0.2, 0.25) is 0 Å². The number of pyridine rings is 1. The first-order valence-electron chi connectivity index (χ1n) is 6.67. The number of aromatic amines is 1. The Morgan fingerprint density at radius 1 is 1.18 bits per heavy atom. The minimum atomic E-state index is -0.244. The van der Waals surface area contributed by atoms with Crippen LogP contribution in [0.4, 0.5) is 5.82 Å². The number of amides is 1. The fraction of sp³-hybridized carbons (Fsp3) is 0.0625. The number of benzene rings is 1. The Hall–Kier alpha value is -3.15. The molecule has 0 radical (unpaired) electrons. The van der Waals surface area contributed by atoms with Crippen LogP contribution in [0.25, 0.3) is 11.3 Å². The minimum Gasteiger partial charge on any atom is -0.497 e. The summed E-state index contributed by atoms with van der Waals surface area (Å²) in [7, 11) is 1.56. The van der Waals surface area contributed by atoms with E-state index in [2.05, 4.69) is 20.5 Å². The number of hydrogen-bond acceptors (Lipinski definition) is 4. The van der Waals surface area contributed by atoms with Crippen LogP contribution in [-0.2, 0) is 0 Å². The van der Waals surface area contributed by atoms with Gasteiger partial charge in [-0.2, -0.15) is 5.10 Å². The number of H-pyrrole nitrogens is 1. The van der Waals surface area contributed by atoms with Crippen molar-refractivity contribution >= 4 is 11.7 Å². The van der Waals surface area contributed by atoms with E-state index in [0.29, 0.717) is 17.1 Å². The molecule has 0 fully saturated rings. The normalized spacial score (nSPS) is 10.2. The van der Waals surface area contributed by atoms with Gasteiger partial charge in [0.25, 0.3) is 5.91 Å². The standard InChI is InChI=1S/C16H14N4O2/c1-22-13-4-2-3-12(9-13)16(21)18-15-10-14(19-20-15)11-5-7-17-8-6-11/h2-10H,1H3,(H2,18,19,20,21). The Kier molecular flexibility index (Phi) is 3.82. The Morgan fingerprint density at radius 3 is 2.77 bits per heavy atom. The van der Waals surface area contributed by atoms with Gasteiger partial charge in [-0.1, -0.05) is 6.07 Å². The van der Waals surface area contributed by atoms with Crippen LogP contribution in [0.2, 0.25) is 0 Å². The first kappa shape index (κ1) is 13.8. The fourth-order valence-corrected chi connectivity index (χ4v) is 2.02. The zero-order valence-electron chi connectivity index (χ0n) is 11.9. The van der Waals surface area contributed by atoms with Gasteiger partial charge in [0.15, 0.2) is 5.82 Å². The Labute approximate surface area is 127 Å². The molecule has 1 amide bonds. The molecule has 0 aliphatic rings. The summed E-state index contributed by atoms with van der Waals surface area (Å²) >= 11 is 0. The molecule has 2 aromatic heterocycles. The smallest absolute Gasteiger partial charge is 0.256 e. The maximum atomic E-state index is 12.2. The van der Waals surface area contributed by atoms with Crippen molar-refractivity contribution in [3.63, 3.8) is 0 Å². The Bertz CT molecular complexity index is 784.